The van der Waals surface area contributed by atoms with E-state index in [1.807, 2.05) is 0 Å². The second-order valence-electron chi connectivity index (χ2n) is 6.36. The maximum atomic E-state index is 12.7. The van der Waals surface area contributed by atoms with Gasteiger partial charge in [0.05, 0.1) is 23.3 Å². The molecule has 0 N–H and O–H groups in total. The number of nitrogens with zero attached hydrogens (tertiary/aromatic N) is 3. The predicted molar refractivity (Wildman–Crippen MR) is 101 cm³/mol. The summed E-state index contributed by atoms with van der Waals surface area (Å²) in [6, 6.07) is 5.92. The summed E-state index contributed by atoms with van der Waals surface area (Å²) in [7, 11) is 0. The Bertz CT molecular complexity index is 1020. The zero-order valence-electron chi connectivity index (χ0n) is 16.3. The lowest BCUT2D eigenvalue weighted by atomic mass is 10.1. The van der Waals surface area contributed by atoms with E-state index in [1.165, 1.54) is 0 Å². The molecule has 1 aromatic heterocycles. The van der Waals surface area contributed by atoms with Crippen LogP contribution in [0.4, 0.5) is 18.9 Å². The molecule has 2 rings (SSSR count). The highest BCUT2D eigenvalue weighted by Gasteiger charge is 2.30. The predicted octanol–water partition coefficient (Wildman–Crippen LogP) is 2.37. The molecule has 1 heterocycles. The fourth-order valence-electron chi connectivity index (χ4n) is 2.61. The summed E-state index contributed by atoms with van der Waals surface area (Å²) in [6.45, 7) is 0.242. The Balaban J connectivity index is 2.25. The van der Waals surface area contributed by atoms with Gasteiger partial charge in [0, 0.05) is 18.7 Å². The molecule has 0 saturated carbocycles. The van der Waals surface area contributed by atoms with Crippen LogP contribution < -0.4 is 5.56 Å². The molecule has 0 spiro atoms. The van der Waals surface area contributed by atoms with Crippen LogP contribution in [0.1, 0.15) is 18.1 Å². The van der Waals surface area contributed by atoms with Crippen LogP contribution in [-0.2, 0) is 33.6 Å². The maximum Gasteiger partial charge on any atom is 0.416 e. The van der Waals surface area contributed by atoms with Gasteiger partial charge in [-0.15, -0.1) is 0 Å². The van der Waals surface area contributed by atoms with Crippen molar-refractivity contribution in [3.8, 4) is 0 Å². The summed E-state index contributed by atoms with van der Waals surface area (Å²) in [5, 5.41) is 10.9. The minimum Gasteiger partial charge on any atom is -0.465 e. The van der Waals surface area contributed by atoms with E-state index >= 15 is 0 Å². The van der Waals surface area contributed by atoms with E-state index in [-0.39, 0.29) is 13.2 Å². The number of nitro groups is 1. The molecule has 0 bridgehead atoms. The minimum atomic E-state index is -4.53. The monoisotopic (exact) mass is 441 g/mol. The van der Waals surface area contributed by atoms with Crippen molar-refractivity contribution in [1.82, 2.24) is 9.47 Å². The molecular weight excluding hydrogens is 423 g/mol. The lowest BCUT2D eigenvalue weighted by Gasteiger charge is -2.22. The third kappa shape index (κ3) is 6.66. The van der Waals surface area contributed by atoms with Gasteiger partial charge in [0.15, 0.2) is 0 Å². The van der Waals surface area contributed by atoms with Crippen LogP contribution in [0.25, 0.3) is 0 Å². The molecular formula is C19H18F3N3O6. The van der Waals surface area contributed by atoms with Gasteiger partial charge in [-0.05, 0) is 24.6 Å². The van der Waals surface area contributed by atoms with E-state index in [0.717, 1.165) is 52.1 Å². The first-order chi connectivity index (χ1) is 14.5. The second-order valence-corrected chi connectivity index (χ2v) is 6.36. The van der Waals surface area contributed by atoms with Gasteiger partial charge in [-0.3, -0.25) is 29.1 Å². The molecule has 0 unspecified atom stereocenters. The van der Waals surface area contributed by atoms with Crippen LogP contribution in [0.15, 0.2) is 47.4 Å². The third-order valence-corrected chi connectivity index (χ3v) is 4.12. The van der Waals surface area contributed by atoms with Crippen LogP contribution in [0.2, 0.25) is 0 Å². The van der Waals surface area contributed by atoms with Gasteiger partial charge in [-0.1, -0.05) is 12.1 Å². The molecule has 12 heteroatoms. The fraction of sp³-hybridized carbons (Fsp3) is 0.316. The van der Waals surface area contributed by atoms with Crippen molar-refractivity contribution in [1.29, 1.82) is 0 Å². The Kier molecular flexibility index (Phi) is 7.51. The van der Waals surface area contributed by atoms with E-state index in [1.54, 1.807) is 6.92 Å². The number of hydrogen-bond donors (Lipinski definition) is 0. The maximum absolute atomic E-state index is 12.7. The van der Waals surface area contributed by atoms with Gasteiger partial charge in [-0.2, -0.15) is 13.2 Å². The van der Waals surface area contributed by atoms with Gasteiger partial charge in [0.25, 0.3) is 11.2 Å². The van der Waals surface area contributed by atoms with Crippen molar-refractivity contribution in [2.75, 3.05) is 13.2 Å². The number of carbonyl (C=O) groups is 2. The van der Waals surface area contributed by atoms with E-state index in [4.69, 9.17) is 4.74 Å². The molecule has 9 nitrogen and oxygen atoms in total. The van der Waals surface area contributed by atoms with Crippen molar-refractivity contribution in [3.05, 3.63) is 74.2 Å². The molecule has 166 valence electrons. The Hall–Kier alpha value is -3.70. The van der Waals surface area contributed by atoms with Crippen LogP contribution in [0.5, 0.6) is 0 Å². The first kappa shape index (κ1) is 23.6. The van der Waals surface area contributed by atoms with Gasteiger partial charge in [-0.25, -0.2) is 0 Å². The first-order valence-corrected chi connectivity index (χ1v) is 8.95. The Morgan fingerprint density at radius 1 is 1.16 bits per heavy atom. The quantitative estimate of drug-likeness (QED) is 0.353. The van der Waals surface area contributed by atoms with Crippen LogP contribution in [0, 0.1) is 10.1 Å². The van der Waals surface area contributed by atoms with Crippen molar-refractivity contribution < 1.29 is 32.4 Å². The third-order valence-electron chi connectivity index (χ3n) is 4.12. The SMILES string of the molecule is CCOC(=O)CN(Cc1ccc(C(F)(F)F)cc1)C(=O)Cn1cc([N+](=O)[O-])ccc1=O. The van der Waals surface area contributed by atoms with Crippen LogP contribution in [-0.4, -0.2) is 39.4 Å². The standard InChI is InChI=1S/C19H18F3N3O6/c1-2-31-18(28)12-23(9-13-3-5-14(6-4-13)19(20,21)22)17(27)11-24-10-15(25(29)30)7-8-16(24)26/h3-8,10H,2,9,11-12H2,1H3. The first-order valence-electron chi connectivity index (χ1n) is 8.95. The highest BCUT2D eigenvalue weighted by Crippen LogP contribution is 2.29. The molecule has 0 aliphatic heterocycles. The number of esters is 1. The Morgan fingerprint density at radius 2 is 1.81 bits per heavy atom. The highest BCUT2D eigenvalue weighted by molar-refractivity contribution is 5.82. The molecule has 0 aliphatic rings. The second kappa shape index (κ2) is 9.87. The summed E-state index contributed by atoms with van der Waals surface area (Å²) in [5.41, 5.74) is -1.66. The summed E-state index contributed by atoms with van der Waals surface area (Å²) in [6.07, 6.45) is -3.64. The van der Waals surface area contributed by atoms with Gasteiger partial charge >= 0.3 is 12.1 Å². The summed E-state index contributed by atoms with van der Waals surface area (Å²) in [4.78, 5) is 47.7. The largest absolute Gasteiger partial charge is 0.465 e. The number of amides is 1. The van der Waals surface area contributed by atoms with E-state index in [0.29, 0.717) is 5.56 Å². The number of rotatable bonds is 8. The number of alkyl halides is 3. The fourth-order valence-corrected chi connectivity index (χ4v) is 2.61. The summed E-state index contributed by atoms with van der Waals surface area (Å²) >= 11 is 0. The Morgan fingerprint density at radius 3 is 2.35 bits per heavy atom. The van der Waals surface area contributed by atoms with Gasteiger partial charge in [0.1, 0.15) is 13.1 Å². The van der Waals surface area contributed by atoms with Crippen molar-refractivity contribution in [2.45, 2.75) is 26.2 Å². The molecule has 1 amide bonds. The van der Waals surface area contributed by atoms with E-state index < -0.39 is 52.9 Å². The van der Waals surface area contributed by atoms with E-state index in [2.05, 4.69) is 0 Å². The van der Waals surface area contributed by atoms with Crippen molar-refractivity contribution in [3.63, 3.8) is 0 Å². The van der Waals surface area contributed by atoms with Gasteiger partial charge < -0.3 is 9.64 Å². The average Bonchev–Trinajstić information content (AvgIpc) is 2.68. The topological polar surface area (TPSA) is 112 Å². The zero-order valence-corrected chi connectivity index (χ0v) is 16.3. The number of hydrogen-bond acceptors (Lipinski definition) is 6. The zero-order chi connectivity index (χ0) is 23.2. The highest BCUT2D eigenvalue weighted by atomic mass is 19.4. The smallest absolute Gasteiger partial charge is 0.416 e. The molecule has 0 aliphatic carbocycles. The molecule has 0 atom stereocenters. The molecule has 2 aromatic rings. The molecule has 0 radical (unpaired) electrons. The lowest BCUT2D eigenvalue weighted by molar-refractivity contribution is -0.385. The van der Waals surface area contributed by atoms with Crippen LogP contribution in [0.3, 0.4) is 0 Å². The normalized spacial score (nSPS) is 11.1. The molecule has 0 fully saturated rings. The number of pyridine rings is 1. The average molecular weight is 441 g/mol. The number of carbonyl (C=O) groups excluding carboxylic acids is 2. The Labute approximate surface area is 173 Å². The number of ether oxygens (including phenoxy) is 1. The summed E-state index contributed by atoms with van der Waals surface area (Å²) in [5.74, 6) is -1.51. The number of benzene rings is 1. The van der Waals surface area contributed by atoms with Gasteiger partial charge in [0.2, 0.25) is 5.91 Å². The molecule has 1 aromatic carbocycles. The van der Waals surface area contributed by atoms with Crippen LogP contribution >= 0.6 is 0 Å². The number of aromatic nitrogens is 1. The molecule has 0 saturated heterocycles. The number of halogens is 3. The van der Waals surface area contributed by atoms with Crippen molar-refractivity contribution >= 4 is 17.6 Å². The summed E-state index contributed by atoms with van der Waals surface area (Å²) < 4.78 is 43.8. The lowest BCUT2D eigenvalue weighted by Crippen LogP contribution is -2.39. The van der Waals surface area contributed by atoms with E-state index in [9.17, 15) is 37.7 Å². The van der Waals surface area contributed by atoms with Crippen molar-refractivity contribution in [2.24, 2.45) is 0 Å². The minimum absolute atomic E-state index is 0.0471. The molecule has 31 heavy (non-hydrogen) atoms.